The minimum Gasteiger partial charge on any atom is -0.455 e. The van der Waals surface area contributed by atoms with E-state index < -0.39 is 5.41 Å². The predicted octanol–water partition coefficient (Wildman–Crippen LogP) is 13.4. The molecule has 0 amide bonds. The van der Waals surface area contributed by atoms with Gasteiger partial charge in [0.15, 0.2) is 5.82 Å². The Morgan fingerprint density at radius 2 is 0.893 bits per heavy atom. The SMILES string of the molecule is c1ccc(-c2cc(-c3ccccc3)nc(-c3ccc(-c4cccc5c4oc4cc6c(cc45)-c4ccccc4C6(c4ccccc4)c4ccccc4)cc3)n2)cc1. The van der Waals surface area contributed by atoms with Crippen LogP contribution in [0, 0.1) is 0 Å². The maximum atomic E-state index is 6.95. The highest BCUT2D eigenvalue weighted by Gasteiger charge is 2.46. The van der Waals surface area contributed by atoms with Gasteiger partial charge >= 0.3 is 0 Å². The zero-order valence-corrected chi connectivity index (χ0v) is 30.4. The number of benzene rings is 8. The Morgan fingerprint density at radius 1 is 0.357 bits per heavy atom. The zero-order chi connectivity index (χ0) is 37.1. The smallest absolute Gasteiger partial charge is 0.160 e. The van der Waals surface area contributed by atoms with Crippen LogP contribution in [-0.4, -0.2) is 9.97 Å². The molecule has 0 unspecified atom stereocenters. The van der Waals surface area contributed by atoms with Gasteiger partial charge in [-0.15, -0.1) is 0 Å². The molecular weight excluding hydrogens is 681 g/mol. The first-order chi connectivity index (χ1) is 27.8. The number of hydrogen-bond donors (Lipinski definition) is 0. The van der Waals surface area contributed by atoms with E-state index in [1.54, 1.807) is 0 Å². The van der Waals surface area contributed by atoms with Crippen LogP contribution >= 0.6 is 0 Å². The van der Waals surface area contributed by atoms with Crippen LogP contribution < -0.4 is 0 Å². The largest absolute Gasteiger partial charge is 0.455 e. The molecule has 0 aliphatic heterocycles. The minimum absolute atomic E-state index is 0.486. The minimum atomic E-state index is -0.486. The van der Waals surface area contributed by atoms with Crippen molar-refractivity contribution in [1.82, 2.24) is 9.97 Å². The molecule has 8 aromatic carbocycles. The van der Waals surface area contributed by atoms with Crippen LogP contribution in [0.4, 0.5) is 0 Å². The van der Waals surface area contributed by atoms with Crippen molar-refractivity contribution in [2.24, 2.45) is 0 Å². The maximum absolute atomic E-state index is 6.95. The zero-order valence-electron chi connectivity index (χ0n) is 30.4. The van der Waals surface area contributed by atoms with Gasteiger partial charge in [0, 0.05) is 33.0 Å². The number of rotatable bonds is 6. The van der Waals surface area contributed by atoms with Gasteiger partial charge in [-0.1, -0.05) is 188 Å². The van der Waals surface area contributed by atoms with Gasteiger partial charge in [0.2, 0.25) is 0 Å². The van der Waals surface area contributed by atoms with Crippen LogP contribution in [0.3, 0.4) is 0 Å². The van der Waals surface area contributed by atoms with Crippen LogP contribution in [0.1, 0.15) is 22.3 Å². The van der Waals surface area contributed by atoms with Crippen molar-refractivity contribution in [1.29, 1.82) is 0 Å². The van der Waals surface area contributed by atoms with Crippen LogP contribution in [0.5, 0.6) is 0 Å². The number of para-hydroxylation sites is 1. The summed E-state index contributed by atoms with van der Waals surface area (Å²) < 4.78 is 6.95. The van der Waals surface area contributed by atoms with E-state index in [-0.39, 0.29) is 0 Å². The van der Waals surface area contributed by atoms with Gasteiger partial charge < -0.3 is 4.42 Å². The molecule has 11 rings (SSSR count). The van der Waals surface area contributed by atoms with Gasteiger partial charge in [0.05, 0.1) is 16.8 Å². The molecule has 10 aromatic rings. The first-order valence-corrected chi connectivity index (χ1v) is 19.1. The molecular formula is C53H34N2O. The Morgan fingerprint density at radius 3 is 1.52 bits per heavy atom. The van der Waals surface area contributed by atoms with E-state index in [1.807, 2.05) is 36.4 Å². The van der Waals surface area contributed by atoms with Gasteiger partial charge in [0.1, 0.15) is 11.2 Å². The molecule has 2 aromatic heterocycles. The van der Waals surface area contributed by atoms with Crippen LogP contribution in [0.2, 0.25) is 0 Å². The number of nitrogens with zero attached hydrogens (tertiary/aromatic N) is 2. The lowest BCUT2D eigenvalue weighted by Crippen LogP contribution is -2.28. The van der Waals surface area contributed by atoms with E-state index in [9.17, 15) is 0 Å². The normalized spacial score (nSPS) is 12.8. The summed E-state index contributed by atoms with van der Waals surface area (Å²) in [7, 11) is 0. The van der Waals surface area contributed by atoms with Gasteiger partial charge in [-0.3, -0.25) is 0 Å². The summed E-state index contributed by atoms with van der Waals surface area (Å²) in [6.07, 6.45) is 0. The van der Waals surface area contributed by atoms with E-state index in [4.69, 9.17) is 14.4 Å². The Labute approximate surface area is 325 Å². The number of furan rings is 1. The topological polar surface area (TPSA) is 38.9 Å². The van der Waals surface area contributed by atoms with Crippen molar-refractivity contribution in [3.8, 4) is 56.2 Å². The van der Waals surface area contributed by atoms with Crippen molar-refractivity contribution < 1.29 is 4.42 Å². The summed E-state index contributed by atoms with van der Waals surface area (Å²) in [5.41, 5.74) is 15.7. The fourth-order valence-electron chi connectivity index (χ4n) is 8.85. The molecule has 2 heterocycles. The molecule has 3 nitrogen and oxygen atoms in total. The quantitative estimate of drug-likeness (QED) is 0.172. The fraction of sp³-hybridized carbons (Fsp3) is 0.0189. The van der Waals surface area contributed by atoms with E-state index in [2.05, 4.69) is 170 Å². The van der Waals surface area contributed by atoms with E-state index in [0.717, 1.165) is 61.1 Å². The Balaban J connectivity index is 1.05. The lowest BCUT2D eigenvalue weighted by Gasteiger charge is -2.33. The second-order valence-corrected chi connectivity index (χ2v) is 14.5. The van der Waals surface area contributed by atoms with Crippen molar-refractivity contribution in [3.05, 3.63) is 229 Å². The standard InChI is InChI=1S/C53H34N2O/c1-5-16-36(17-6-1)48-34-49(37-18-7-2-8-19-37)55-52(54-48)38-30-28-35(29-31-38)41-25-15-26-43-45-32-44-42-24-13-14-27-46(42)53(39-20-9-3-10-21-39,40-22-11-4-12-23-40)47(44)33-50(45)56-51(41)43/h1-34H. The summed E-state index contributed by atoms with van der Waals surface area (Å²) in [5.74, 6) is 0.689. The molecule has 0 radical (unpaired) electrons. The first-order valence-electron chi connectivity index (χ1n) is 19.1. The van der Waals surface area contributed by atoms with Crippen LogP contribution in [-0.2, 0) is 5.41 Å². The van der Waals surface area contributed by atoms with Gasteiger partial charge in [0.25, 0.3) is 0 Å². The predicted molar refractivity (Wildman–Crippen MR) is 228 cm³/mol. The third-order valence-corrected chi connectivity index (χ3v) is 11.4. The van der Waals surface area contributed by atoms with Crippen LogP contribution in [0.25, 0.3) is 78.1 Å². The number of hydrogen-bond acceptors (Lipinski definition) is 3. The summed E-state index contributed by atoms with van der Waals surface area (Å²) in [6, 6.07) is 73.0. The lowest BCUT2D eigenvalue weighted by atomic mass is 9.67. The number of aromatic nitrogens is 2. The molecule has 3 heteroatoms. The van der Waals surface area contributed by atoms with Gasteiger partial charge in [-0.05, 0) is 57.1 Å². The van der Waals surface area contributed by atoms with Crippen LogP contribution in [0.15, 0.2) is 211 Å². The second kappa shape index (κ2) is 12.9. The Hall–Kier alpha value is -7.36. The van der Waals surface area contributed by atoms with E-state index >= 15 is 0 Å². The monoisotopic (exact) mass is 714 g/mol. The highest BCUT2D eigenvalue weighted by Crippen LogP contribution is 2.57. The molecule has 1 aliphatic rings. The summed E-state index contributed by atoms with van der Waals surface area (Å²) in [5, 5.41) is 2.22. The lowest BCUT2D eigenvalue weighted by molar-refractivity contribution is 0.667. The molecule has 262 valence electrons. The molecule has 0 spiro atoms. The molecule has 0 bridgehead atoms. The third kappa shape index (κ3) is 4.98. The average Bonchev–Trinajstić information content (AvgIpc) is 3.80. The molecule has 0 saturated carbocycles. The Kier molecular flexibility index (Phi) is 7.39. The average molecular weight is 715 g/mol. The summed E-state index contributed by atoms with van der Waals surface area (Å²) >= 11 is 0. The number of fused-ring (bicyclic) bond motifs is 6. The van der Waals surface area contributed by atoms with E-state index in [1.165, 1.54) is 33.4 Å². The molecule has 0 atom stereocenters. The van der Waals surface area contributed by atoms with Crippen molar-refractivity contribution in [3.63, 3.8) is 0 Å². The Bertz CT molecular complexity index is 2950. The first kappa shape index (κ1) is 32.1. The van der Waals surface area contributed by atoms with E-state index in [0.29, 0.717) is 5.82 Å². The van der Waals surface area contributed by atoms with Gasteiger partial charge in [-0.25, -0.2) is 9.97 Å². The molecule has 0 fully saturated rings. The second-order valence-electron chi connectivity index (χ2n) is 14.5. The molecule has 0 N–H and O–H groups in total. The maximum Gasteiger partial charge on any atom is 0.160 e. The third-order valence-electron chi connectivity index (χ3n) is 11.4. The van der Waals surface area contributed by atoms with Crippen molar-refractivity contribution in [2.75, 3.05) is 0 Å². The molecule has 0 saturated heterocycles. The van der Waals surface area contributed by atoms with Crippen molar-refractivity contribution in [2.45, 2.75) is 5.41 Å². The summed E-state index contributed by atoms with van der Waals surface area (Å²) in [4.78, 5) is 10.1. The molecule has 56 heavy (non-hydrogen) atoms. The fourth-order valence-corrected chi connectivity index (χ4v) is 8.85. The van der Waals surface area contributed by atoms with Gasteiger partial charge in [-0.2, -0.15) is 0 Å². The summed E-state index contributed by atoms with van der Waals surface area (Å²) in [6.45, 7) is 0. The van der Waals surface area contributed by atoms with Crippen molar-refractivity contribution >= 4 is 21.9 Å². The molecule has 1 aliphatic carbocycles. The highest BCUT2D eigenvalue weighted by molar-refractivity contribution is 6.12. The highest BCUT2D eigenvalue weighted by atomic mass is 16.3.